The third-order valence-electron chi connectivity index (χ3n) is 3.65. The van der Waals surface area contributed by atoms with E-state index < -0.39 is 0 Å². The molecular weight excluding hydrogens is 284 g/mol. The molecule has 0 saturated carbocycles. The van der Waals surface area contributed by atoms with E-state index in [-0.39, 0.29) is 0 Å². The summed E-state index contributed by atoms with van der Waals surface area (Å²) in [6.07, 6.45) is 0. The lowest BCUT2D eigenvalue weighted by Crippen LogP contribution is -2.36. The maximum atomic E-state index is 5.48. The zero-order valence-electron chi connectivity index (χ0n) is 13.0. The van der Waals surface area contributed by atoms with Gasteiger partial charge in [0.15, 0.2) is 5.82 Å². The Hall–Kier alpha value is -2.28. The monoisotopic (exact) mass is 304 g/mol. The summed E-state index contributed by atoms with van der Waals surface area (Å²) in [5, 5.41) is 7.30. The number of hydrogen-bond donors (Lipinski definition) is 1. The van der Waals surface area contributed by atoms with Crippen LogP contribution >= 0.6 is 0 Å². The van der Waals surface area contributed by atoms with Gasteiger partial charge in [-0.15, -0.1) is 5.10 Å². The molecule has 0 bridgehead atoms. The quantitative estimate of drug-likeness (QED) is 0.925. The SMILES string of the molecule is COc1cc(C)cc(OC)c1-c1nc(N2CCOCC2)n[nH]1. The van der Waals surface area contributed by atoms with Crippen LogP contribution in [0, 0.1) is 6.92 Å². The van der Waals surface area contributed by atoms with Gasteiger partial charge in [-0.25, -0.2) is 0 Å². The summed E-state index contributed by atoms with van der Waals surface area (Å²) in [6.45, 7) is 4.97. The number of anilines is 1. The number of nitrogens with one attached hydrogen (secondary N) is 1. The molecule has 1 N–H and O–H groups in total. The van der Waals surface area contributed by atoms with E-state index >= 15 is 0 Å². The average molecular weight is 304 g/mol. The van der Waals surface area contributed by atoms with Crippen LogP contribution in [-0.4, -0.2) is 55.7 Å². The summed E-state index contributed by atoms with van der Waals surface area (Å²) in [7, 11) is 3.27. The van der Waals surface area contributed by atoms with Crippen molar-refractivity contribution in [3.63, 3.8) is 0 Å². The van der Waals surface area contributed by atoms with Crippen molar-refractivity contribution in [1.82, 2.24) is 15.2 Å². The summed E-state index contributed by atoms with van der Waals surface area (Å²) >= 11 is 0. The van der Waals surface area contributed by atoms with E-state index in [1.165, 1.54) is 0 Å². The fraction of sp³-hybridized carbons (Fsp3) is 0.467. The first-order valence-electron chi connectivity index (χ1n) is 7.21. The van der Waals surface area contributed by atoms with Crippen molar-refractivity contribution in [3.05, 3.63) is 17.7 Å². The van der Waals surface area contributed by atoms with Gasteiger partial charge in [-0.05, 0) is 24.6 Å². The van der Waals surface area contributed by atoms with Gasteiger partial charge >= 0.3 is 0 Å². The molecule has 1 aliphatic heterocycles. The number of nitrogens with zero attached hydrogens (tertiary/aromatic N) is 3. The molecule has 2 heterocycles. The van der Waals surface area contributed by atoms with Crippen molar-refractivity contribution >= 4 is 5.95 Å². The zero-order valence-corrected chi connectivity index (χ0v) is 13.0. The van der Waals surface area contributed by atoms with E-state index in [0.717, 1.165) is 24.2 Å². The first-order valence-corrected chi connectivity index (χ1v) is 7.21. The van der Waals surface area contributed by atoms with E-state index in [9.17, 15) is 0 Å². The Kier molecular flexibility index (Phi) is 4.15. The third kappa shape index (κ3) is 2.71. The van der Waals surface area contributed by atoms with E-state index in [0.29, 0.717) is 36.5 Å². The van der Waals surface area contributed by atoms with Crippen LogP contribution in [0.3, 0.4) is 0 Å². The molecule has 0 amide bonds. The Morgan fingerprint density at radius 3 is 2.36 bits per heavy atom. The van der Waals surface area contributed by atoms with Crippen molar-refractivity contribution in [2.24, 2.45) is 0 Å². The van der Waals surface area contributed by atoms with Gasteiger partial charge in [0, 0.05) is 13.1 Å². The summed E-state index contributed by atoms with van der Waals surface area (Å²) in [6, 6.07) is 3.91. The molecule has 2 aromatic rings. The Morgan fingerprint density at radius 2 is 1.77 bits per heavy atom. The highest BCUT2D eigenvalue weighted by Crippen LogP contribution is 2.38. The van der Waals surface area contributed by atoms with Crippen LogP contribution in [-0.2, 0) is 4.74 Å². The van der Waals surface area contributed by atoms with Gasteiger partial charge in [-0.3, -0.25) is 5.10 Å². The van der Waals surface area contributed by atoms with Gasteiger partial charge in [-0.1, -0.05) is 0 Å². The van der Waals surface area contributed by atoms with Gasteiger partial charge in [0.05, 0.1) is 27.4 Å². The largest absolute Gasteiger partial charge is 0.496 e. The number of methoxy groups -OCH3 is 2. The summed E-state index contributed by atoms with van der Waals surface area (Å²) in [5.41, 5.74) is 1.84. The number of ether oxygens (including phenoxy) is 3. The second kappa shape index (κ2) is 6.23. The number of rotatable bonds is 4. The Balaban J connectivity index is 1.99. The molecule has 1 aromatic carbocycles. The molecule has 0 radical (unpaired) electrons. The van der Waals surface area contributed by atoms with E-state index in [1.807, 2.05) is 19.1 Å². The summed E-state index contributed by atoms with van der Waals surface area (Å²) in [5.74, 6) is 2.72. The highest BCUT2D eigenvalue weighted by atomic mass is 16.5. The van der Waals surface area contributed by atoms with Crippen LogP contribution in [0.5, 0.6) is 11.5 Å². The Labute approximate surface area is 129 Å². The molecule has 22 heavy (non-hydrogen) atoms. The molecule has 7 nitrogen and oxygen atoms in total. The molecule has 1 saturated heterocycles. The van der Waals surface area contributed by atoms with E-state index in [4.69, 9.17) is 14.2 Å². The van der Waals surface area contributed by atoms with Gasteiger partial charge in [0.1, 0.15) is 17.1 Å². The molecule has 7 heteroatoms. The number of aromatic nitrogens is 3. The highest BCUT2D eigenvalue weighted by molar-refractivity contribution is 5.73. The second-order valence-electron chi connectivity index (χ2n) is 5.13. The number of aryl methyl sites for hydroxylation is 1. The fourth-order valence-corrected chi connectivity index (χ4v) is 2.55. The highest BCUT2D eigenvalue weighted by Gasteiger charge is 2.20. The predicted molar refractivity (Wildman–Crippen MR) is 82.7 cm³/mol. The first-order chi connectivity index (χ1) is 10.7. The standard InChI is InChI=1S/C15H20N4O3/c1-10-8-11(20-2)13(12(9-10)21-3)14-16-15(18-17-14)19-4-6-22-7-5-19/h8-9H,4-7H2,1-3H3,(H,16,17,18). The van der Waals surface area contributed by atoms with Gasteiger partial charge in [0.2, 0.25) is 5.95 Å². The van der Waals surface area contributed by atoms with Crippen LogP contribution in [0.4, 0.5) is 5.95 Å². The fourth-order valence-electron chi connectivity index (χ4n) is 2.55. The smallest absolute Gasteiger partial charge is 0.245 e. The topological polar surface area (TPSA) is 72.5 Å². The average Bonchev–Trinajstić information content (AvgIpc) is 3.04. The van der Waals surface area contributed by atoms with Crippen LogP contribution in [0.25, 0.3) is 11.4 Å². The number of benzene rings is 1. The molecule has 1 aromatic heterocycles. The van der Waals surface area contributed by atoms with Crippen LogP contribution < -0.4 is 14.4 Å². The Bertz CT molecular complexity index is 625. The minimum Gasteiger partial charge on any atom is -0.496 e. The molecule has 0 unspecified atom stereocenters. The van der Waals surface area contributed by atoms with Crippen LogP contribution in [0.2, 0.25) is 0 Å². The molecule has 0 aliphatic carbocycles. The van der Waals surface area contributed by atoms with Gasteiger partial charge in [-0.2, -0.15) is 4.98 Å². The molecule has 3 rings (SSSR count). The minimum absolute atomic E-state index is 0.634. The number of H-pyrrole nitrogens is 1. The predicted octanol–water partition coefficient (Wildman–Crippen LogP) is 1.63. The van der Waals surface area contributed by atoms with E-state index in [1.54, 1.807) is 14.2 Å². The van der Waals surface area contributed by atoms with Crippen LogP contribution in [0.1, 0.15) is 5.56 Å². The number of aromatic amines is 1. The molecule has 0 spiro atoms. The lowest BCUT2D eigenvalue weighted by molar-refractivity contribution is 0.122. The molecule has 1 aliphatic rings. The Morgan fingerprint density at radius 1 is 1.14 bits per heavy atom. The molecular formula is C15H20N4O3. The van der Waals surface area contributed by atoms with Gasteiger partial charge in [0.25, 0.3) is 0 Å². The van der Waals surface area contributed by atoms with Crippen molar-refractivity contribution < 1.29 is 14.2 Å². The molecule has 1 fully saturated rings. The molecule has 0 atom stereocenters. The van der Waals surface area contributed by atoms with Crippen molar-refractivity contribution in [3.8, 4) is 22.9 Å². The summed E-state index contributed by atoms with van der Waals surface area (Å²) in [4.78, 5) is 6.69. The van der Waals surface area contributed by atoms with Crippen molar-refractivity contribution in [2.75, 3.05) is 45.4 Å². The van der Waals surface area contributed by atoms with Crippen molar-refractivity contribution in [1.29, 1.82) is 0 Å². The third-order valence-corrected chi connectivity index (χ3v) is 3.65. The zero-order chi connectivity index (χ0) is 15.5. The maximum absolute atomic E-state index is 5.48. The maximum Gasteiger partial charge on any atom is 0.245 e. The first kappa shape index (κ1) is 14.6. The number of morpholine rings is 1. The molecule has 118 valence electrons. The normalized spacial score (nSPS) is 15.0. The van der Waals surface area contributed by atoms with E-state index in [2.05, 4.69) is 20.1 Å². The lowest BCUT2D eigenvalue weighted by atomic mass is 10.1. The van der Waals surface area contributed by atoms with Crippen molar-refractivity contribution in [2.45, 2.75) is 6.92 Å². The number of hydrogen-bond acceptors (Lipinski definition) is 6. The minimum atomic E-state index is 0.634. The second-order valence-corrected chi connectivity index (χ2v) is 5.13. The summed E-state index contributed by atoms with van der Waals surface area (Å²) < 4.78 is 16.3. The van der Waals surface area contributed by atoms with Crippen LogP contribution in [0.15, 0.2) is 12.1 Å². The lowest BCUT2D eigenvalue weighted by Gasteiger charge is -2.25. The van der Waals surface area contributed by atoms with Gasteiger partial charge < -0.3 is 19.1 Å².